The third-order valence-corrected chi connectivity index (χ3v) is 9.62. The van der Waals surface area contributed by atoms with Crippen LogP contribution in [0.1, 0.15) is 11.1 Å². The summed E-state index contributed by atoms with van der Waals surface area (Å²) in [6, 6.07) is 34.7. The molecular formula is C26H22F2P+. The van der Waals surface area contributed by atoms with Gasteiger partial charge in [0.25, 0.3) is 0 Å². The molecule has 0 saturated carbocycles. The number of hydrogen-bond donors (Lipinski definition) is 0. The number of hydrogen-bond acceptors (Lipinski definition) is 0. The molecule has 3 heteroatoms. The first-order valence-corrected chi connectivity index (χ1v) is 11.8. The van der Waals surface area contributed by atoms with Crippen molar-refractivity contribution in [2.75, 3.05) is 0 Å². The van der Waals surface area contributed by atoms with Gasteiger partial charge in [0.2, 0.25) is 0 Å². The Bertz CT molecular complexity index is 954. The Kier molecular flexibility index (Phi) is 5.83. The van der Waals surface area contributed by atoms with Crippen molar-refractivity contribution in [3.8, 4) is 0 Å². The zero-order chi connectivity index (χ0) is 20.1. The summed E-state index contributed by atoms with van der Waals surface area (Å²) in [7, 11) is -1.92. The van der Waals surface area contributed by atoms with Crippen molar-refractivity contribution in [3.63, 3.8) is 0 Å². The minimum absolute atomic E-state index is 0.226. The van der Waals surface area contributed by atoms with Crippen LogP contribution in [-0.4, -0.2) is 0 Å². The minimum Gasteiger partial charge on any atom is -0.207 e. The number of halogens is 2. The highest BCUT2D eigenvalue weighted by Crippen LogP contribution is 2.61. The summed E-state index contributed by atoms with van der Waals surface area (Å²) in [5.41, 5.74) is 2.21. The monoisotopic (exact) mass is 403 g/mol. The summed E-state index contributed by atoms with van der Waals surface area (Å²) in [6.07, 6.45) is 1.64. The van der Waals surface area contributed by atoms with Crippen LogP contribution in [0.2, 0.25) is 0 Å². The molecule has 4 aromatic carbocycles. The fourth-order valence-corrected chi connectivity index (χ4v) is 8.09. The molecule has 144 valence electrons. The molecule has 0 unspecified atom stereocenters. The van der Waals surface area contributed by atoms with Gasteiger partial charge in [-0.25, -0.2) is 8.78 Å². The van der Waals surface area contributed by atoms with Gasteiger partial charge in [-0.05, 0) is 59.7 Å². The first kappa shape index (κ1) is 19.5. The second kappa shape index (κ2) is 8.68. The predicted molar refractivity (Wildman–Crippen MR) is 119 cm³/mol. The summed E-state index contributed by atoms with van der Waals surface area (Å²) >= 11 is 0. The van der Waals surface area contributed by atoms with E-state index < -0.39 is 7.26 Å². The van der Waals surface area contributed by atoms with Crippen LogP contribution in [0.5, 0.6) is 0 Å². The summed E-state index contributed by atoms with van der Waals surface area (Å²) in [4.78, 5) is 0. The van der Waals surface area contributed by atoms with E-state index in [1.807, 2.05) is 36.4 Å². The smallest absolute Gasteiger partial charge is 0.123 e. The highest BCUT2D eigenvalue weighted by molar-refractivity contribution is 7.88. The average molecular weight is 403 g/mol. The van der Waals surface area contributed by atoms with E-state index in [4.69, 9.17) is 0 Å². The Hall–Kier alpha value is -2.83. The molecule has 0 atom stereocenters. The molecule has 0 bridgehead atoms. The van der Waals surface area contributed by atoms with Crippen molar-refractivity contribution >= 4 is 17.9 Å². The Morgan fingerprint density at radius 2 is 0.793 bits per heavy atom. The molecule has 0 aliphatic heterocycles. The van der Waals surface area contributed by atoms with Crippen LogP contribution in [-0.2, 0) is 12.3 Å². The van der Waals surface area contributed by atoms with Crippen LogP contribution in [0.4, 0.5) is 8.78 Å². The lowest BCUT2D eigenvalue weighted by atomic mass is 10.2. The Labute approximate surface area is 171 Å². The molecule has 0 nitrogen and oxygen atoms in total. The van der Waals surface area contributed by atoms with E-state index in [2.05, 4.69) is 48.5 Å². The fraction of sp³-hybridized carbons (Fsp3) is 0.0769. The van der Waals surface area contributed by atoms with Gasteiger partial charge in [0.15, 0.2) is 0 Å². The molecule has 0 heterocycles. The van der Waals surface area contributed by atoms with Crippen molar-refractivity contribution in [3.05, 3.63) is 132 Å². The van der Waals surface area contributed by atoms with E-state index in [0.717, 1.165) is 23.5 Å². The maximum atomic E-state index is 13.5. The summed E-state index contributed by atoms with van der Waals surface area (Å²) in [6.45, 7) is 0. The van der Waals surface area contributed by atoms with Crippen molar-refractivity contribution in [1.82, 2.24) is 0 Å². The van der Waals surface area contributed by atoms with Crippen LogP contribution in [0.3, 0.4) is 0 Å². The molecule has 0 N–H and O–H groups in total. The van der Waals surface area contributed by atoms with Crippen molar-refractivity contribution in [1.29, 1.82) is 0 Å². The fourth-order valence-electron chi connectivity index (χ4n) is 3.80. The SMILES string of the molecule is Fc1ccc(C[P+](Cc2ccc(F)cc2)(c2ccccc2)c2ccccc2)cc1. The molecule has 0 amide bonds. The third kappa shape index (κ3) is 4.44. The first-order chi connectivity index (χ1) is 14.2. The maximum Gasteiger partial charge on any atom is 0.123 e. The van der Waals surface area contributed by atoms with Crippen LogP contribution < -0.4 is 10.6 Å². The van der Waals surface area contributed by atoms with Gasteiger partial charge in [-0.2, -0.15) is 0 Å². The van der Waals surface area contributed by atoms with E-state index in [9.17, 15) is 8.78 Å². The maximum absolute atomic E-state index is 13.5. The lowest BCUT2D eigenvalue weighted by molar-refractivity contribution is 0.627. The Morgan fingerprint density at radius 1 is 0.448 bits per heavy atom. The van der Waals surface area contributed by atoms with Gasteiger partial charge in [0, 0.05) is 0 Å². The van der Waals surface area contributed by atoms with E-state index >= 15 is 0 Å². The molecule has 0 aliphatic carbocycles. The van der Waals surface area contributed by atoms with Gasteiger partial charge in [-0.15, -0.1) is 0 Å². The first-order valence-electron chi connectivity index (χ1n) is 9.63. The highest BCUT2D eigenvalue weighted by atomic mass is 31.2. The lowest BCUT2D eigenvalue weighted by Crippen LogP contribution is -2.25. The van der Waals surface area contributed by atoms with E-state index in [1.54, 1.807) is 0 Å². The second-order valence-corrected chi connectivity index (χ2v) is 10.8. The molecule has 29 heavy (non-hydrogen) atoms. The van der Waals surface area contributed by atoms with Crippen LogP contribution in [0.25, 0.3) is 0 Å². The topological polar surface area (TPSA) is 0 Å². The number of benzene rings is 4. The molecule has 0 spiro atoms. The van der Waals surface area contributed by atoms with E-state index in [0.29, 0.717) is 0 Å². The van der Waals surface area contributed by atoms with Crippen molar-refractivity contribution < 1.29 is 8.78 Å². The van der Waals surface area contributed by atoms with Crippen molar-refractivity contribution in [2.24, 2.45) is 0 Å². The quantitative estimate of drug-likeness (QED) is 0.330. The number of rotatable bonds is 6. The molecule has 0 saturated heterocycles. The van der Waals surface area contributed by atoms with Crippen LogP contribution in [0.15, 0.2) is 109 Å². The summed E-state index contributed by atoms with van der Waals surface area (Å²) in [5, 5.41) is 2.58. The second-order valence-electron chi connectivity index (χ2n) is 7.21. The van der Waals surface area contributed by atoms with Gasteiger partial charge < -0.3 is 0 Å². The molecule has 0 radical (unpaired) electrons. The van der Waals surface area contributed by atoms with Crippen LogP contribution in [0, 0.1) is 11.6 Å². The van der Waals surface area contributed by atoms with Gasteiger partial charge in [-0.3, -0.25) is 0 Å². The van der Waals surface area contributed by atoms with Gasteiger partial charge >= 0.3 is 0 Å². The minimum atomic E-state index is -1.92. The normalized spacial score (nSPS) is 11.4. The zero-order valence-corrected chi connectivity index (χ0v) is 16.9. The van der Waals surface area contributed by atoms with E-state index in [-0.39, 0.29) is 11.6 Å². The summed E-state index contributed by atoms with van der Waals surface area (Å²) in [5.74, 6) is -0.453. The molecule has 0 aliphatic rings. The van der Waals surface area contributed by atoms with Crippen molar-refractivity contribution in [2.45, 2.75) is 12.3 Å². The van der Waals surface area contributed by atoms with Crippen LogP contribution >= 0.6 is 7.26 Å². The molecule has 0 aromatic heterocycles. The highest BCUT2D eigenvalue weighted by Gasteiger charge is 2.43. The van der Waals surface area contributed by atoms with Gasteiger partial charge in [0.05, 0.1) is 30.2 Å². The molecular weight excluding hydrogens is 381 g/mol. The molecule has 4 rings (SSSR count). The predicted octanol–water partition coefficient (Wildman–Crippen LogP) is 6.33. The van der Waals surface area contributed by atoms with E-state index in [1.165, 1.54) is 34.9 Å². The largest absolute Gasteiger partial charge is 0.207 e. The summed E-state index contributed by atoms with van der Waals surface area (Å²) < 4.78 is 27.0. The van der Waals surface area contributed by atoms with Gasteiger partial charge in [0.1, 0.15) is 11.6 Å². The Morgan fingerprint density at radius 3 is 1.14 bits per heavy atom. The molecule has 4 aromatic rings. The average Bonchev–Trinajstić information content (AvgIpc) is 2.77. The lowest BCUT2D eigenvalue weighted by Gasteiger charge is -2.28. The van der Waals surface area contributed by atoms with Gasteiger partial charge in [-0.1, -0.05) is 60.7 Å². The molecule has 0 fully saturated rings. The standard InChI is InChI=1S/C26H22F2P/c27-23-15-11-21(12-16-23)19-29(25-7-3-1-4-8-25,26-9-5-2-6-10-26)20-22-13-17-24(28)18-14-22/h1-18H,19-20H2/q+1. The third-order valence-electron chi connectivity index (χ3n) is 5.23. The Balaban J connectivity index is 1.88. The zero-order valence-electron chi connectivity index (χ0n) is 16.0.